The smallest absolute Gasteiger partial charge is 0.411 e. The van der Waals surface area contributed by atoms with E-state index in [2.05, 4.69) is 5.32 Å². The fraction of sp³-hybridized carbons (Fsp3) is 0.417. The van der Waals surface area contributed by atoms with Crippen LogP contribution in [0.1, 0.15) is 5.56 Å². The quantitative estimate of drug-likeness (QED) is 0.784. The summed E-state index contributed by atoms with van der Waals surface area (Å²) in [4.78, 5) is 13.3. The van der Waals surface area contributed by atoms with Gasteiger partial charge in [0.15, 0.2) is 0 Å². The molecule has 92 valence electrons. The van der Waals surface area contributed by atoms with Gasteiger partial charge in [0, 0.05) is 19.6 Å². The number of nitrogens with one attached hydrogen (secondary N) is 1. The molecule has 0 saturated carbocycles. The summed E-state index contributed by atoms with van der Waals surface area (Å²) in [6.07, 6.45) is -0.644. The minimum atomic E-state index is -0.345. The molecular weight excluding hydrogens is 218 g/mol. The van der Waals surface area contributed by atoms with E-state index in [1.165, 1.54) is 0 Å². The Labute approximate surface area is 101 Å². The van der Waals surface area contributed by atoms with E-state index >= 15 is 0 Å². The standard InChI is InChI=1S/C12H17N3O2/c13-11-8-14-6-7-15(11)12(16)17-9-10-4-2-1-3-5-10/h1-5,11,14H,6-9,13H2/t11-/m1/s1. The van der Waals surface area contributed by atoms with Crippen molar-refractivity contribution < 1.29 is 9.53 Å². The highest BCUT2D eigenvalue weighted by Crippen LogP contribution is 2.05. The number of amides is 1. The van der Waals surface area contributed by atoms with Gasteiger partial charge in [0.2, 0.25) is 0 Å². The number of rotatable bonds is 2. The van der Waals surface area contributed by atoms with Crippen LogP contribution in [-0.4, -0.2) is 36.8 Å². The number of benzene rings is 1. The number of carbonyl (C=O) groups is 1. The van der Waals surface area contributed by atoms with Gasteiger partial charge in [0.25, 0.3) is 0 Å². The molecule has 0 spiro atoms. The number of piperazine rings is 1. The molecule has 5 nitrogen and oxygen atoms in total. The summed E-state index contributed by atoms with van der Waals surface area (Å²) in [6, 6.07) is 9.60. The summed E-state index contributed by atoms with van der Waals surface area (Å²) in [5.74, 6) is 0. The lowest BCUT2D eigenvalue weighted by Crippen LogP contribution is -2.57. The zero-order chi connectivity index (χ0) is 12.1. The first-order valence-corrected chi connectivity index (χ1v) is 5.71. The van der Waals surface area contributed by atoms with Crippen molar-refractivity contribution in [2.75, 3.05) is 19.6 Å². The molecule has 0 aliphatic carbocycles. The first-order valence-electron chi connectivity index (χ1n) is 5.71. The maximum absolute atomic E-state index is 11.8. The van der Waals surface area contributed by atoms with Gasteiger partial charge in [-0.3, -0.25) is 4.90 Å². The van der Waals surface area contributed by atoms with Gasteiger partial charge in [-0.05, 0) is 5.56 Å². The SMILES string of the molecule is N[C@H]1CNCCN1C(=O)OCc1ccccc1. The molecule has 1 saturated heterocycles. The number of nitrogens with two attached hydrogens (primary N) is 1. The molecule has 1 heterocycles. The van der Waals surface area contributed by atoms with Gasteiger partial charge >= 0.3 is 6.09 Å². The monoisotopic (exact) mass is 235 g/mol. The Kier molecular flexibility index (Phi) is 3.95. The van der Waals surface area contributed by atoms with Crippen LogP contribution >= 0.6 is 0 Å². The average molecular weight is 235 g/mol. The van der Waals surface area contributed by atoms with Crippen LogP contribution in [0, 0.1) is 0 Å². The van der Waals surface area contributed by atoms with Crippen LogP contribution in [0.25, 0.3) is 0 Å². The lowest BCUT2D eigenvalue weighted by atomic mass is 10.2. The van der Waals surface area contributed by atoms with Gasteiger partial charge in [-0.15, -0.1) is 0 Å². The first kappa shape index (κ1) is 11.9. The Morgan fingerprint density at radius 2 is 2.24 bits per heavy atom. The van der Waals surface area contributed by atoms with Gasteiger partial charge in [-0.25, -0.2) is 4.79 Å². The van der Waals surface area contributed by atoms with Crippen LogP contribution < -0.4 is 11.1 Å². The van der Waals surface area contributed by atoms with Crippen LogP contribution in [0.3, 0.4) is 0 Å². The van der Waals surface area contributed by atoms with Crippen molar-refractivity contribution >= 4 is 6.09 Å². The van der Waals surface area contributed by atoms with Gasteiger partial charge in [-0.2, -0.15) is 0 Å². The van der Waals surface area contributed by atoms with E-state index in [1.54, 1.807) is 4.90 Å². The largest absolute Gasteiger partial charge is 0.445 e. The predicted molar refractivity (Wildman–Crippen MR) is 64.2 cm³/mol. The number of nitrogens with zero attached hydrogens (tertiary/aromatic N) is 1. The third-order valence-corrected chi connectivity index (χ3v) is 2.72. The molecule has 1 atom stereocenters. The molecular formula is C12H17N3O2. The maximum Gasteiger partial charge on any atom is 0.411 e. The van der Waals surface area contributed by atoms with Crippen LogP contribution in [-0.2, 0) is 11.3 Å². The number of hydrogen-bond acceptors (Lipinski definition) is 4. The van der Waals surface area contributed by atoms with E-state index < -0.39 is 0 Å². The fourth-order valence-corrected chi connectivity index (χ4v) is 1.75. The highest BCUT2D eigenvalue weighted by molar-refractivity contribution is 5.68. The van der Waals surface area contributed by atoms with E-state index in [0.29, 0.717) is 13.1 Å². The number of carbonyl (C=O) groups excluding carboxylic acids is 1. The topological polar surface area (TPSA) is 67.6 Å². The van der Waals surface area contributed by atoms with Gasteiger partial charge in [-0.1, -0.05) is 30.3 Å². The minimum absolute atomic E-state index is 0.288. The highest BCUT2D eigenvalue weighted by Gasteiger charge is 2.24. The number of ether oxygens (including phenoxy) is 1. The summed E-state index contributed by atoms with van der Waals surface area (Å²) >= 11 is 0. The second-order valence-electron chi connectivity index (χ2n) is 4.01. The van der Waals surface area contributed by atoms with Crippen molar-refractivity contribution in [2.24, 2.45) is 5.73 Å². The molecule has 17 heavy (non-hydrogen) atoms. The normalized spacial score (nSPS) is 20.1. The fourth-order valence-electron chi connectivity index (χ4n) is 1.75. The Morgan fingerprint density at radius 3 is 2.94 bits per heavy atom. The number of hydrogen-bond donors (Lipinski definition) is 2. The summed E-state index contributed by atoms with van der Waals surface area (Å²) in [5, 5.41) is 3.12. The van der Waals surface area contributed by atoms with Gasteiger partial charge in [0.05, 0.1) is 6.17 Å². The summed E-state index contributed by atoms with van der Waals surface area (Å²) < 4.78 is 5.22. The third kappa shape index (κ3) is 3.18. The Balaban J connectivity index is 1.84. The molecule has 2 rings (SSSR count). The molecule has 0 aromatic heterocycles. The molecule has 0 unspecified atom stereocenters. The van der Waals surface area contributed by atoms with Crippen LogP contribution in [0.15, 0.2) is 30.3 Å². The van der Waals surface area contributed by atoms with Crippen molar-refractivity contribution in [3.63, 3.8) is 0 Å². The summed E-state index contributed by atoms with van der Waals surface area (Å²) in [5.41, 5.74) is 6.79. The van der Waals surface area contributed by atoms with Crippen LogP contribution in [0.5, 0.6) is 0 Å². The lowest BCUT2D eigenvalue weighted by Gasteiger charge is -2.32. The Bertz CT molecular complexity index is 369. The second kappa shape index (κ2) is 5.65. The Morgan fingerprint density at radius 1 is 1.47 bits per heavy atom. The molecule has 1 aromatic carbocycles. The maximum atomic E-state index is 11.8. The molecule has 1 fully saturated rings. The molecule has 1 aromatic rings. The molecule has 3 N–H and O–H groups in total. The molecule has 1 aliphatic heterocycles. The molecule has 1 amide bonds. The van der Waals surface area contributed by atoms with Crippen molar-refractivity contribution in [1.29, 1.82) is 0 Å². The van der Waals surface area contributed by atoms with E-state index in [4.69, 9.17) is 10.5 Å². The average Bonchev–Trinajstić information content (AvgIpc) is 2.38. The molecule has 1 aliphatic rings. The second-order valence-corrected chi connectivity index (χ2v) is 4.01. The van der Waals surface area contributed by atoms with Crippen LogP contribution in [0.2, 0.25) is 0 Å². The van der Waals surface area contributed by atoms with E-state index in [1.807, 2.05) is 30.3 Å². The molecule has 0 bridgehead atoms. The van der Waals surface area contributed by atoms with E-state index in [0.717, 1.165) is 12.1 Å². The Hall–Kier alpha value is -1.59. The van der Waals surface area contributed by atoms with Crippen molar-refractivity contribution in [2.45, 2.75) is 12.8 Å². The third-order valence-electron chi connectivity index (χ3n) is 2.72. The molecule has 0 radical (unpaired) electrons. The minimum Gasteiger partial charge on any atom is -0.445 e. The predicted octanol–water partition coefficient (Wildman–Crippen LogP) is 0.513. The zero-order valence-corrected chi connectivity index (χ0v) is 9.63. The van der Waals surface area contributed by atoms with Crippen molar-refractivity contribution in [1.82, 2.24) is 10.2 Å². The van der Waals surface area contributed by atoms with Gasteiger partial charge < -0.3 is 15.8 Å². The van der Waals surface area contributed by atoms with Gasteiger partial charge in [0.1, 0.15) is 6.61 Å². The summed E-state index contributed by atoms with van der Waals surface area (Å²) in [7, 11) is 0. The van der Waals surface area contributed by atoms with Crippen molar-refractivity contribution in [3.05, 3.63) is 35.9 Å². The molecule has 5 heteroatoms. The lowest BCUT2D eigenvalue weighted by molar-refractivity contribution is 0.0736. The highest BCUT2D eigenvalue weighted by atomic mass is 16.6. The summed E-state index contributed by atoms with van der Waals surface area (Å²) in [6.45, 7) is 2.25. The van der Waals surface area contributed by atoms with Crippen molar-refractivity contribution in [3.8, 4) is 0 Å². The van der Waals surface area contributed by atoms with E-state index in [9.17, 15) is 4.79 Å². The van der Waals surface area contributed by atoms with E-state index in [-0.39, 0.29) is 18.9 Å². The zero-order valence-electron chi connectivity index (χ0n) is 9.63. The van der Waals surface area contributed by atoms with Crippen LogP contribution in [0.4, 0.5) is 4.79 Å². The first-order chi connectivity index (χ1) is 8.27.